The standard InChI is InChI=1S/C15H23N3O2/c1-11-6-4-5-7-13(11)8-9-14(19)18(3)10-12(2)15(16)17-20/h4-7,12,20H,8-10H2,1-3H3,(H2,16,17). The average Bonchev–Trinajstić information content (AvgIpc) is 2.44. The van der Waals surface area contributed by atoms with Crippen LogP contribution in [-0.4, -0.2) is 35.4 Å². The largest absolute Gasteiger partial charge is 0.409 e. The third kappa shape index (κ3) is 4.57. The molecule has 0 saturated heterocycles. The van der Waals surface area contributed by atoms with E-state index < -0.39 is 0 Å². The highest BCUT2D eigenvalue weighted by atomic mass is 16.4. The van der Waals surface area contributed by atoms with E-state index in [0.29, 0.717) is 13.0 Å². The van der Waals surface area contributed by atoms with Gasteiger partial charge in [-0.15, -0.1) is 0 Å². The van der Waals surface area contributed by atoms with Gasteiger partial charge >= 0.3 is 0 Å². The van der Waals surface area contributed by atoms with Gasteiger partial charge in [0.15, 0.2) is 0 Å². The molecular weight excluding hydrogens is 254 g/mol. The zero-order chi connectivity index (χ0) is 15.1. The molecule has 0 spiro atoms. The molecule has 0 saturated carbocycles. The van der Waals surface area contributed by atoms with Gasteiger partial charge in [0.25, 0.3) is 0 Å². The van der Waals surface area contributed by atoms with E-state index >= 15 is 0 Å². The van der Waals surface area contributed by atoms with Gasteiger partial charge < -0.3 is 15.8 Å². The SMILES string of the molecule is Cc1ccccc1CCC(=O)N(C)CC(C)C(N)=NO. The fourth-order valence-corrected chi connectivity index (χ4v) is 2.03. The zero-order valence-corrected chi connectivity index (χ0v) is 12.3. The Kier molecular flexibility index (Phi) is 6.03. The van der Waals surface area contributed by atoms with Gasteiger partial charge in [0.05, 0.1) is 0 Å². The van der Waals surface area contributed by atoms with Crippen LogP contribution in [-0.2, 0) is 11.2 Å². The summed E-state index contributed by atoms with van der Waals surface area (Å²) in [4.78, 5) is 13.7. The topological polar surface area (TPSA) is 78.9 Å². The molecule has 110 valence electrons. The van der Waals surface area contributed by atoms with E-state index in [1.165, 1.54) is 11.1 Å². The van der Waals surface area contributed by atoms with Crippen molar-refractivity contribution in [2.45, 2.75) is 26.7 Å². The van der Waals surface area contributed by atoms with Gasteiger partial charge in [-0.3, -0.25) is 4.79 Å². The molecule has 0 aliphatic carbocycles. The minimum atomic E-state index is -0.160. The second-order valence-corrected chi connectivity index (χ2v) is 5.13. The number of aryl methyl sites for hydroxylation is 2. The predicted molar refractivity (Wildman–Crippen MR) is 79.7 cm³/mol. The van der Waals surface area contributed by atoms with Crippen molar-refractivity contribution in [2.24, 2.45) is 16.8 Å². The first-order valence-corrected chi connectivity index (χ1v) is 6.71. The van der Waals surface area contributed by atoms with Crippen LogP contribution in [0.4, 0.5) is 0 Å². The molecular formula is C15H23N3O2. The Morgan fingerprint density at radius 1 is 1.45 bits per heavy atom. The van der Waals surface area contributed by atoms with Crippen LogP contribution >= 0.6 is 0 Å². The molecule has 1 unspecified atom stereocenters. The molecule has 1 atom stereocenters. The Balaban J connectivity index is 2.49. The summed E-state index contributed by atoms with van der Waals surface area (Å²) in [5, 5.41) is 11.6. The Morgan fingerprint density at radius 2 is 2.10 bits per heavy atom. The van der Waals surface area contributed by atoms with Gasteiger partial charge in [0, 0.05) is 25.9 Å². The molecule has 0 radical (unpaired) electrons. The van der Waals surface area contributed by atoms with E-state index in [-0.39, 0.29) is 17.7 Å². The third-order valence-electron chi connectivity index (χ3n) is 3.46. The second kappa shape index (κ2) is 7.53. The van der Waals surface area contributed by atoms with Crippen LogP contribution in [0.2, 0.25) is 0 Å². The van der Waals surface area contributed by atoms with Crippen LogP contribution in [0, 0.1) is 12.8 Å². The molecule has 0 aromatic heterocycles. The number of rotatable bonds is 6. The van der Waals surface area contributed by atoms with Crippen molar-refractivity contribution in [1.82, 2.24) is 4.90 Å². The predicted octanol–water partition coefficient (Wildman–Crippen LogP) is 1.77. The number of benzene rings is 1. The molecule has 0 fully saturated rings. The highest BCUT2D eigenvalue weighted by Gasteiger charge is 2.15. The molecule has 0 aliphatic rings. The van der Waals surface area contributed by atoms with Gasteiger partial charge in [0.2, 0.25) is 5.91 Å². The lowest BCUT2D eigenvalue weighted by molar-refractivity contribution is -0.130. The molecule has 0 heterocycles. The van der Waals surface area contributed by atoms with Crippen LogP contribution in [0.1, 0.15) is 24.5 Å². The maximum atomic E-state index is 12.1. The molecule has 3 N–H and O–H groups in total. The monoisotopic (exact) mass is 277 g/mol. The number of nitrogens with zero attached hydrogens (tertiary/aromatic N) is 2. The first kappa shape index (κ1) is 16.0. The van der Waals surface area contributed by atoms with Crippen molar-refractivity contribution in [2.75, 3.05) is 13.6 Å². The normalized spacial score (nSPS) is 13.1. The molecule has 5 heteroatoms. The number of amides is 1. The lowest BCUT2D eigenvalue weighted by atomic mass is 10.0. The number of carbonyl (C=O) groups is 1. The van der Waals surface area contributed by atoms with E-state index in [0.717, 1.165) is 6.42 Å². The molecule has 1 aromatic rings. The van der Waals surface area contributed by atoms with Crippen molar-refractivity contribution in [1.29, 1.82) is 0 Å². The first-order chi connectivity index (χ1) is 9.45. The van der Waals surface area contributed by atoms with Gasteiger partial charge in [-0.1, -0.05) is 36.3 Å². The van der Waals surface area contributed by atoms with Crippen molar-refractivity contribution in [3.8, 4) is 0 Å². The maximum Gasteiger partial charge on any atom is 0.222 e. The Bertz CT molecular complexity index is 486. The number of amidine groups is 1. The Morgan fingerprint density at radius 3 is 2.70 bits per heavy atom. The van der Waals surface area contributed by atoms with Gasteiger partial charge in [-0.2, -0.15) is 0 Å². The number of oxime groups is 1. The number of carbonyl (C=O) groups excluding carboxylic acids is 1. The summed E-state index contributed by atoms with van der Waals surface area (Å²) < 4.78 is 0. The summed E-state index contributed by atoms with van der Waals surface area (Å²) in [6.07, 6.45) is 1.19. The molecule has 0 bridgehead atoms. The minimum absolute atomic E-state index is 0.0610. The molecule has 1 amide bonds. The van der Waals surface area contributed by atoms with Gasteiger partial charge in [0.1, 0.15) is 5.84 Å². The van der Waals surface area contributed by atoms with E-state index in [1.807, 2.05) is 38.1 Å². The lowest BCUT2D eigenvalue weighted by Gasteiger charge is -2.21. The summed E-state index contributed by atoms with van der Waals surface area (Å²) in [6, 6.07) is 8.06. The fourth-order valence-electron chi connectivity index (χ4n) is 2.03. The van der Waals surface area contributed by atoms with E-state index in [2.05, 4.69) is 5.16 Å². The quantitative estimate of drug-likeness (QED) is 0.360. The summed E-state index contributed by atoms with van der Waals surface area (Å²) in [6.45, 7) is 4.31. The summed E-state index contributed by atoms with van der Waals surface area (Å²) in [7, 11) is 1.74. The molecule has 1 aromatic carbocycles. The van der Waals surface area contributed by atoms with E-state index in [4.69, 9.17) is 10.9 Å². The summed E-state index contributed by atoms with van der Waals surface area (Å²) in [5.74, 6) is 0.0433. The van der Waals surface area contributed by atoms with Crippen molar-refractivity contribution >= 4 is 11.7 Å². The lowest BCUT2D eigenvalue weighted by Crippen LogP contribution is -2.36. The second-order valence-electron chi connectivity index (χ2n) is 5.13. The summed E-state index contributed by atoms with van der Waals surface area (Å²) in [5.41, 5.74) is 7.91. The van der Waals surface area contributed by atoms with E-state index in [1.54, 1.807) is 11.9 Å². The maximum absolute atomic E-state index is 12.1. The van der Waals surface area contributed by atoms with Crippen LogP contribution in [0.25, 0.3) is 0 Å². The summed E-state index contributed by atoms with van der Waals surface area (Å²) >= 11 is 0. The van der Waals surface area contributed by atoms with E-state index in [9.17, 15) is 4.79 Å². The Labute approximate surface area is 120 Å². The first-order valence-electron chi connectivity index (χ1n) is 6.71. The molecule has 20 heavy (non-hydrogen) atoms. The van der Waals surface area contributed by atoms with Gasteiger partial charge in [-0.25, -0.2) is 0 Å². The number of hydrogen-bond acceptors (Lipinski definition) is 3. The molecule has 0 aliphatic heterocycles. The Hall–Kier alpha value is -2.04. The molecule has 1 rings (SSSR count). The number of nitrogens with two attached hydrogens (primary N) is 1. The van der Waals surface area contributed by atoms with Crippen LogP contribution < -0.4 is 5.73 Å². The zero-order valence-electron chi connectivity index (χ0n) is 12.3. The smallest absolute Gasteiger partial charge is 0.222 e. The minimum Gasteiger partial charge on any atom is -0.409 e. The highest BCUT2D eigenvalue weighted by molar-refractivity contribution is 5.83. The number of hydrogen-bond donors (Lipinski definition) is 2. The third-order valence-corrected chi connectivity index (χ3v) is 3.46. The molecule has 5 nitrogen and oxygen atoms in total. The van der Waals surface area contributed by atoms with Crippen molar-refractivity contribution in [3.63, 3.8) is 0 Å². The average molecular weight is 277 g/mol. The van der Waals surface area contributed by atoms with Crippen molar-refractivity contribution in [3.05, 3.63) is 35.4 Å². The van der Waals surface area contributed by atoms with Gasteiger partial charge in [-0.05, 0) is 24.5 Å². The van der Waals surface area contributed by atoms with Crippen LogP contribution in [0.5, 0.6) is 0 Å². The van der Waals surface area contributed by atoms with Crippen LogP contribution in [0.15, 0.2) is 29.4 Å². The fraction of sp³-hybridized carbons (Fsp3) is 0.467. The van der Waals surface area contributed by atoms with Crippen LogP contribution in [0.3, 0.4) is 0 Å². The van der Waals surface area contributed by atoms with Crippen molar-refractivity contribution < 1.29 is 10.0 Å². The highest BCUT2D eigenvalue weighted by Crippen LogP contribution is 2.10.